The molecule has 0 atom stereocenters. The fraction of sp³-hybridized carbons (Fsp3) is 0.625. The first kappa shape index (κ1) is 14.6. The van der Waals surface area contributed by atoms with Gasteiger partial charge in [-0.25, -0.2) is 0 Å². The molecule has 3 rings (SSSR count). The number of hydrogen-bond acceptors (Lipinski definition) is 3. The van der Waals surface area contributed by atoms with Crippen LogP contribution in [0.3, 0.4) is 0 Å². The largest absolute Gasteiger partial charge is 0.341 e. The third-order valence-corrected chi connectivity index (χ3v) is 5.19. The van der Waals surface area contributed by atoms with Crippen molar-refractivity contribution in [1.29, 1.82) is 0 Å². The molecule has 5 heteroatoms. The van der Waals surface area contributed by atoms with Gasteiger partial charge in [0.15, 0.2) is 0 Å². The zero-order valence-electron chi connectivity index (χ0n) is 12.3. The molecule has 2 fully saturated rings. The molecule has 0 N–H and O–H groups in total. The Hall–Kier alpha value is -1.36. The number of carbonyl (C=O) groups excluding carboxylic acids is 2. The highest BCUT2D eigenvalue weighted by Gasteiger charge is 2.34. The molecule has 1 saturated heterocycles. The molecule has 0 bridgehead atoms. The van der Waals surface area contributed by atoms with Gasteiger partial charge in [0.2, 0.25) is 11.8 Å². The van der Waals surface area contributed by atoms with Gasteiger partial charge in [0, 0.05) is 43.4 Å². The van der Waals surface area contributed by atoms with Gasteiger partial charge in [-0.15, -0.1) is 11.3 Å². The van der Waals surface area contributed by atoms with Gasteiger partial charge in [0.05, 0.1) is 0 Å². The maximum atomic E-state index is 12.3. The average molecular weight is 306 g/mol. The average Bonchev–Trinajstić information content (AvgIpc) is 3.26. The zero-order valence-corrected chi connectivity index (χ0v) is 13.1. The van der Waals surface area contributed by atoms with E-state index in [0.29, 0.717) is 25.4 Å². The van der Waals surface area contributed by atoms with Gasteiger partial charge in [-0.2, -0.15) is 0 Å². The van der Waals surface area contributed by atoms with E-state index in [1.165, 1.54) is 4.88 Å². The van der Waals surface area contributed by atoms with Crippen molar-refractivity contribution >= 4 is 23.2 Å². The van der Waals surface area contributed by atoms with Crippen LogP contribution in [-0.2, 0) is 16.0 Å². The Labute approximate surface area is 129 Å². The second kappa shape index (κ2) is 6.60. The number of carbonyl (C=O) groups is 2. The molecule has 114 valence electrons. The molecule has 1 aromatic heterocycles. The highest BCUT2D eigenvalue weighted by Crippen LogP contribution is 2.31. The zero-order chi connectivity index (χ0) is 14.7. The van der Waals surface area contributed by atoms with Crippen LogP contribution >= 0.6 is 11.3 Å². The van der Waals surface area contributed by atoms with Crippen LogP contribution in [0.1, 0.15) is 30.6 Å². The topological polar surface area (TPSA) is 40.6 Å². The molecular formula is C16H22N2O2S. The molecular weight excluding hydrogens is 284 g/mol. The summed E-state index contributed by atoms with van der Waals surface area (Å²) in [5.41, 5.74) is 0. The number of hydrogen-bond donors (Lipinski definition) is 0. The predicted octanol–water partition coefficient (Wildman–Crippen LogP) is 2.15. The quantitative estimate of drug-likeness (QED) is 0.855. The second-order valence-corrected chi connectivity index (χ2v) is 6.95. The molecule has 2 aliphatic rings. The molecule has 1 aromatic rings. The molecule has 0 aromatic carbocycles. The normalized spacial score (nSPS) is 19.4. The SMILES string of the molecule is O=C(CCc1cccs1)N1CCCN(C(=O)C2CC2)CC1. The maximum absolute atomic E-state index is 12.3. The van der Waals surface area contributed by atoms with Gasteiger partial charge < -0.3 is 9.80 Å². The van der Waals surface area contributed by atoms with Crippen molar-refractivity contribution in [2.24, 2.45) is 5.92 Å². The van der Waals surface area contributed by atoms with E-state index in [1.54, 1.807) is 11.3 Å². The summed E-state index contributed by atoms with van der Waals surface area (Å²) in [6.45, 7) is 3.00. The fourth-order valence-corrected chi connectivity index (χ4v) is 3.53. The molecule has 2 heterocycles. The van der Waals surface area contributed by atoms with E-state index in [2.05, 4.69) is 6.07 Å². The summed E-state index contributed by atoms with van der Waals surface area (Å²) < 4.78 is 0. The van der Waals surface area contributed by atoms with Crippen LogP contribution in [-0.4, -0.2) is 47.8 Å². The van der Waals surface area contributed by atoms with Crippen LogP contribution in [0.4, 0.5) is 0 Å². The second-order valence-electron chi connectivity index (χ2n) is 5.91. The van der Waals surface area contributed by atoms with E-state index in [9.17, 15) is 9.59 Å². The predicted molar refractivity (Wildman–Crippen MR) is 83.1 cm³/mol. The lowest BCUT2D eigenvalue weighted by Crippen LogP contribution is -2.38. The minimum atomic E-state index is 0.226. The molecule has 0 spiro atoms. The molecule has 4 nitrogen and oxygen atoms in total. The van der Waals surface area contributed by atoms with Crippen molar-refractivity contribution in [3.63, 3.8) is 0 Å². The third kappa shape index (κ3) is 3.84. The van der Waals surface area contributed by atoms with Crippen LogP contribution in [0.2, 0.25) is 0 Å². The summed E-state index contributed by atoms with van der Waals surface area (Å²) in [7, 11) is 0. The number of nitrogens with zero attached hydrogens (tertiary/aromatic N) is 2. The number of amides is 2. The Morgan fingerprint density at radius 1 is 1.14 bits per heavy atom. The molecule has 1 saturated carbocycles. The van der Waals surface area contributed by atoms with Crippen molar-refractivity contribution in [2.45, 2.75) is 32.1 Å². The minimum Gasteiger partial charge on any atom is -0.341 e. The Balaban J connectivity index is 1.47. The van der Waals surface area contributed by atoms with Crippen molar-refractivity contribution in [3.05, 3.63) is 22.4 Å². The van der Waals surface area contributed by atoms with Crippen LogP contribution in [0.15, 0.2) is 17.5 Å². The summed E-state index contributed by atoms with van der Waals surface area (Å²) in [4.78, 5) is 29.6. The van der Waals surface area contributed by atoms with Gasteiger partial charge in [-0.05, 0) is 37.1 Å². The summed E-state index contributed by atoms with van der Waals surface area (Å²) in [6, 6.07) is 4.11. The molecule has 2 amide bonds. The monoisotopic (exact) mass is 306 g/mol. The molecule has 21 heavy (non-hydrogen) atoms. The van der Waals surface area contributed by atoms with E-state index in [1.807, 2.05) is 21.2 Å². The Morgan fingerprint density at radius 3 is 2.62 bits per heavy atom. The third-order valence-electron chi connectivity index (χ3n) is 4.25. The van der Waals surface area contributed by atoms with Gasteiger partial charge in [-0.1, -0.05) is 6.07 Å². The van der Waals surface area contributed by atoms with Crippen LogP contribution in [0, 0.1) is 5.92 Å². The maximum Gasteiger partial charge on any atom is 0.225 e. The Bertz CT molecular complexity index is 496. The van der Waals surface area contributed by atoms with Crippen molar-refractivity contribution < 1.29 is 9.59 Å². The molecule has 1 aliphatic heterocycles. The van der Waals surface area contributed by atoms with Crippen molar-refractivity contribution in [3.8, 4) is 0 Å². The Kier molecular flexibility index (Phi) is 4.58. The van der Waals surface area contributed by atoms with E-state index >= 15 is 0 Å². The molecule has 0 radical (unpaired) electrons. The van der Waals surface area contributed by atoms with Gasteiger partial charge in [0.1, 0.15) is 0 Å². The highest BCUT2D eigenvalue weighted by molar-refractivity contribution is 7.09. The van der Waals surface area contributed by atoms with E-state index in [-0.39, 0.29) is 11.8 Å². The van der Waals surface area contributed by atoms with Crippen LogP contribution in [0.25, 0.3) is 0 Å². The summed E-state index contributed by atoms with van der Waals surface area (Å²) in [5, 5.41) is 2.05. The smallest absolute Gasteiger partial charge is 0.225 e. The van der Waals surface area contributed by atoms with Crippen LogP contribution < -0.4 is 0 Å². The minimum absolute atomic E-state index is 0.226. The Morgan fingerprint density at radius 2 is 1.90 bits per heavy atom. The van der Waals surface area contributed by atoms with Gasteiger partial charge in [0.25, 0.3) is 0 Å². The van der Waals surface area contributed by atoms with E-state index < -0.39 is 0 Å². The standard InChI is InChI=1S/C16H22N2O2S/c19-15(7-6-14-3-1-12-21-14)17-8-2-9-18(11-10-17)16(20)13-4-5-13/h1,3,12-13H,2,4-11H2. The fourth-order valence-electron chi connectivity index (χ4n) is 2.82. The lowest BCUT2D eigenvalue weighted by Gasteiger charge is -2.22. The van der Waals surface area contributed by atoms with Crippen molar-refractivity contribution in [2.75, 3.05) is 26.2 Å². The summed E-state index contributed by atoms with van der Waals surface area (Å²) in [5.74, 6) is 0.818. The first-order chi connectivity index (χ1) is 10.2. The number of aryl methyl sites for hydroxylation is 1. The van der Waals surface area contributed by atoms with Gasteiger partial charge >= 0.3 is 0 Å². The number of rotatable bonds is 4. The number of thiophene rings is 1. The van der Waals surface area contributed by atoms with Crippen LogP contribution in [0.5, 0.6) is 0 Å². The lowest BCUT2D eigenvalue weighted by molar-refractivity contribution is -0.134. The molecule has 0 unspecified atom stereocenters. The van der Waals surface area contributed by atoms with Gasteiger partial charge in [-0.3, -0.25) is 9.59 Å². The lowest BCUT2D eigenvalue weighted by atomic mass is 10.2. The summed E-state index contributed by atoms with van der Waals surface area (Å²) >= 11 is 1.71. The van der Waals surface area contributed by atoms with Crippen molar-refractivity contribution in [1.82, 2.24) is 9.80 Å². The molecule has 1 aliphatic carbocycles. The van der Waals surface area contributed by atoms with E-state index in [4.69, 9.17) is 0 Å². The van der Waals surface area contributed by atoms with E-state index in [0.717, 1.165) is 38.8 Å². The summed E-state index contributed by atoms with van der Waals surface area (Å²) in [6.07, 6.45) is 4.43. The highest BCUT2D eigenvalue weighted by atomic mass is 32.1. The first-order valence-electron chi connectivity index (χ1n) is 7.83. The first-order valence-corrected chi connectivity index (χ1v) is 8.71.